The van der Waals surface area contributed by atoms with Crippen LogP contribution in [0.2, 0.25) is 0 Å². The molecule has 0 unspecified atom stereocenters. The van der Waals surface area contributed by atoms with Gasteiger partial charge in [0.2, 0.25) is 0 Å². The molecule has 6 nitrogen and oxygen atoms in total. The lowest BCUT2D eigenvalue weighted by Crippen LogP contribution is -2.19. The number of fused-ring (bicyclic) bond motifs is 3. The van der Waals surface area contributed by atoms with Crippen molar-refractivity contribution in [3.63, 3.8) is 0 Å². The fourth-order valence-corrected chi connectivity index (χ4v) is 3.76. The van der Waals surface area contributed by atoms with Gasteiger partial charge in [0, 0.05) is 5.92 Å². The molecule has 30 heavy (non-hydrogen) atoms. The second-order valence-electron chi connectivity index (χ2n) is 6.79. The van der Waals surface area contributed by atoms with Crippen LogP contribution in [0.4, 0.5) is 14.9 Å². The molecular weight excluding hydrogens is 389 g/mol. The maximum absolute atomic E-state index is 14.1. The number of hydrogen-bond donors (Lipinski definition) is 2. The molecule has 0 saturated heterocycles. The van der Waals surface area contributed by atoms with Crippen LogP contribution >= 0.6 is 0 Å². The van der Waals surface area contributed by atoms with Gasteiger partial charge in [-0.1, -0.05) is 48.5 Å². The molecule has 0 atom stereocenters. The second kappa shape index (κ2) is 7.87. The molecule has 1 aliphatic rings. The fraction of sp³-hybridized carbons (Fsp3) is 0.130. The molecule has 0 bridgehead atoms. The van der Waals surface area contributed by atoms with Crippen LogP contribution in [0.5, 0.6) is 5.75 Å². The third kappa shape index (κ3) is 3.45. The molecule has 0 aromatic heterocycles. The zero-order chi connectivity index (χ0) is 21.3. The van der Waals surface area contributed by atoms with Gasteiger partial charge in [-0.2, -0.15) is 0 Å². The number of carboxylic acids is 1. The molecule has 1 amide bonds. The molecule has 1 aliphatic carbocycles. The number of rotatable bonds is 5. The van der Waals surface area contributed by atoms with Crippen LogP contribution < -0.4 is 10.1 Å². The number of amides is 1. The van der Waals surface area contributed by atoms with Crippen molar-refractivity contribution in [1.29, 1.82) is 0 Å². The SMILES string of the molecule is COc1c(F)cc(C(=O)O)cc1NC(=O)OCC1c2ccccc2-c2ccccc21. The molecule has 3 aromatic carbocycles. The maximum Gasteiger partial charge on any atom is 0.411 e. The third-order valence-electron chi connectivity index (χ3n) is 5.08. The first-order chi connectivity index (χ1) is 14.5. The summed E-state index contributed by atoms with van der Waals surface area (Å²) in [5.41, 5.74) is 3.88. The number of aromatic carboxylic acids is 1. The van der Waals surface area contributed by atoms with Gasteiger partial charge in [-0.25, -0.2) is 14.0 Å². The van der Waals surface area contributed by atoms with E-state index in [4.69, 9.17) is 14.6 Å². The summed E-state index contributed by atoms with van der Waals surface area (Å²) in [4.78, 5) is 23.6. The van der Waals surface area contributed by atoms with Crippen molar-refractivity contribution in [2.45, 2.75) is 5.92 Å². The van der Waals surface area contributed by atoms with Crippen molar-refractivity contribution >= 4 is 17.7 Å². The molecule has 0 saturated carbocycles. The van der Waals surface area contributed by atoms with E-state index in [-0.39, 0.29) is 29.5 Å². The normalized spacial score (nSPS) is 12.1. The van der Waals surface area contributed by atoms with E-state index in [0.29, 0.717) is 0 Å². The number of carboxylic acid groups (broad SMARTS) is 1. The summed E-state index contributed by atoms with van der Waals surface area (Å²) in [7, 11) is 1.22. The van der Waals surface area contributed by atoms with E-state index in [2.05, 4.69) is 5.32 Å². The lowest BCUT2D eigenvalue weighted by molar-refractivity contribution is 0.0696. The Morgan fingerprint density at radius 3 is 2.20 bits per heavy atom. The van der Waals surface area contributed by atoms with Crippen LogP contribution in [0.1, 0.15) is 27.4 Å². The molecule has 0 aliphatic heterocycles. The Morgan fingerprint density at radius 2 is 1.63 bits per heavy atom. The average molecular weight is 407 g/mol. The van der Waals surface area contributed by atoms with Gasteiger partial charge < -0.3 is 14.6 Å². The smallest absolute Gasteiger partial charge is 0.411 e. The Morgan fingerprint density at radius 1 is 1.03 bits per heavy atom. The van der Waals surface area contributed by atoms with E-state index >= 15 is 0 Å². The number of nitrogens with one attached hydrogen (secondary N) is 1. The van der Waals surface area contributed by atoms with Crippen molar-refractivity contribution in [1.82, 2.24) is 0 Å². The van der Waals surface area contributed by atoms with Gasteiger partial charge >= 0.3 is 12.1 Å². The number of hydrogen-bond acceptors (Lipinski definition) is 4. The lowest BCUT2D eigenvalue weighted by Gasteiger charge is -2.16. The molecule has 2 N–H and O–H groups in total. The Balaban J connectivity index is 1.53. The number of ether oxygens (including phenoxy) is 2. The molecule has 3 aromatic rings. The Bertz CT molecular complexity index is 1100. The van der Waals surface area contributed by atoms with Gasteiger partial charge in [0.25, 0.3) is 0 Å². The summed E-state index contributed by atoms with van der Waals surface area (Å²) in [6, 6.07) is 17.8. The van der Waals surface area contributed by atoms with Crippen LogP contribution in [0, 0.1) is 5.82 Å². The minimum atomic E-state index is -1.33. The molecule has 152 valence electrons. The highest BCUT2D eigenvalue weighted by Gasteiger charge is 2.29. The molecule has 7 heteroatoms. The molecule has 0 radical (unpaired) electrons. The first-order valence-electron chi connectivity index (χ1n) is 9.22. The average Bonchev–Trinajstić information content (AvgIpc) is 3.06. The molecule has 0 spiro atoms. The summed E-state index contributed by atoms with van der Waals surface area (Å²) >= 11 is 0. The van der Waals surface area contributed by atoms with E-state index in [1.54, 1.807) is 0 Å². The standard InChI is InChI=1S/C23H18FNO5/c1-29-21-19(24)10-13(22(26)27)11-20(21)25-23(28)30-12-18-16-8-4-2-6-14(16)15-7-3-5-9-17(15)18/h2-11,18H,12H2,1H3,(H,25,28)(H,26,27). The van der Waals surface area contributed by atoms with E-state index in [0.717, 1.165) is 34.4 Å². The van der Waals surface area contributed by atoms with E-state index in [1.165, 1.54) is 7.11 Å². The number of halogens is 1. The number of anilines is 1. The zero-order valence-electron chi connectivity index (χ0n) is 16.0. The van der Waals surface area contributed by atoms with Gasteiger partial charge in [-0.15, -0.1) is 0 Å². The van der Waals surface area contributed by atoms with Crippen molar-refractivity contribution in [3.8, 4) is 16.9 Å². The molecule has 4 rings (SSSR count). The number of carbonyl (C=O) groups is 2. The maximum atomic E-state index is 14.1. The topological polar surface area (TPSA) is 84.9 Å². The quantitative estimate of drug-likeness (QED) is 0.629. The van der Waals surface area contributed by atoms with E-state index in [1.807, 2.05) is 48.5 Å². The molecule has 0 fully saturated rings. The van der Waals surface area contributed by atoms with Crippen molar-refractivity contribution < 1.29 is 28.6 Å². The van der Waals surface area contributed by atoms with Crippen LogP contribution in [0.25, 0.3) is 11.1 Å². The van der Waals surface area contributed by atoms with Crippen molar-refractivity contribution in [3.05, 3.63) is 83.2 Å². The minimum Gasteiger partial charge on any atom is -0.492 e. The first-order valence-corrected chi connectivity index (χ1v) is 9.22. The van der Waals surface area contributed by atoms with Crippen LogP contribution in [-0.4, -0.2) is 30.9 Å². The number of carbonyl (C=O) groups excluding carboxylic acids is 1. The van der Waals surface area contributed by atoms with Gasteiger partial charge in [0.15, 0.2) is 11.6 Å². The van der Waals surface area contributed by atoms with Gasteiger partial charge in [0.1, 0.15) is 6.61 Å². The second-order valence-corrected chi connectivity index (χ2v) is 6.79. The summed E-state index contributed by atoms with van der Waals surface area (Å²) in [5.74, 6) is -2.63. The third-order valence-corrected chi connectivity index (χ3v) is 5.08. The highest BCUT2D eigenvalue weighted by Crippen LogP contribution is 2.44. The predicted octanol–water partition coefficient (Wildman–Crippen LogP) is 4.89. The summed E-state index contributed by atoms with van der Waals surface area (Å²) in [6.45, 7) is 0.0727. The lowest BCUT2D eigenvalue weighted by atomic mass is 9.98. The van der Waals surface area contributed by atoms with Gasteiger partial charge in [-0.05, 0) is 34.4 Å². The summed E-state index contributed by atoms with van der Waals surface area (Å²) in [5, 5.41) is 11.5. The van der Waals surface area contributed by atoms with Gasteiger partial charge in [0.05, 0.1) is 18.4 Å². The predicted molar refractivity (Wildman–Crippen MR) is 109 cm³/mol. The number of methoxy groups -OCH3 is 1. The Labute approximate surface area is 171 Å². The summed E-state index contributed by atoms with van der Waals surface area (Å²) < 4.78 is 24.5. The molecular formula is C23H18FNO5. The first kappa shape index (κ1) is 19.4. The highest BCUT2D eigenvalue weighted by molar-refractivity contribution is 5.93. The van der Waals surface area contributed by atoms with E-state index < -0.39 is 17.9 Å². The monoisotopic (exact) mass is 407 g/mol. The Kier molecular flexibility index (Phi) is 5.10. The zero-order valence-corrected chi connectivity index (χ0v) is 16.0. The van der Waals surface area contributed by atoms with Crippen molar-refractivity contribution in [2.75, 3.05) is 19.0 Å². The fourth-order valence-electron chi connectivity index (χ4n) is 3.76. The van der Waals surface area contributed by atoms with Crippen molar-refractivity contribution in [2.24, 2.45) is 0 Å². The molecule has 0 heterocycles. The Hall–Kier alpha value is -3.87. The van der Waals surface area contributed by atoms with Crippen LogP contribution in [0.3, 0.4) is 0 Å². The van der Waals surface area contributed by atoms with Crippen LogP contribution in [-0.2, 0) is 4.74 Å². The largest absolute Gasteiger partial charge is 0.492 e. The minimum absolute atomic E-state index is 0.0727. The van der Waals surface area contributed by atoms with Gasteiger partial charge in [-0.3, -0.25) is 5.32 Å². The number of benzene rings is 3. The van der Waals surface area contributed by atoms with Crippen LogP contribution in [0.15, 0.2) is 60.7 Å². The van der Waals surface area contributed by atoms with E-state index in [9.17, 15) is 14.0 Å². The summed E-state index contributed by atoms with van der Waals surface area (Å²) in [6.07, 6.45) is -0.836. The highest BCUT2D eigenvalue weighted by atomic mass is 19.1.